The number of rotatable bonds is 7. The van der Waals surface area contributed by atoms with E-state index in [0.29, 0.717) is 12.5 Å². The number of aromatic nitrogens is 2. The molecule has 0 fully saturated rings. The summed E-state index contributed by atoms with van der Waals surface area (Å²) in [6.07, 6.45) is 4.37. The Hall–Kier alpha value is -1.21. The van der Waals surface area contributed by atoms with Crippen LogP contribution in [0.5, 0.6) is 0 Å². The van der Waals surface area contributed by atoms with Crippen molar-refractivity contribution in [2.45, 2.75) is 45.4 Å². The van der Waals surface area contributed by atoms with Crippen LogP contribution in [0, 0.1) is 5.41 Å². The summed E-state index contributed by atoms with van der Waals surface area (Å²) in [5.41, 5.74) is 0.0902. The Morgan fingerprint density at radius 2 is 1.75 bits per heavy atom. The van der Waals surface area contributed by atoms with Crippen LogP contribution in [0.1, 0.15) is 40.5 Å². The molecule has 0 aromatic carbocycles. The van der Waals surface area contributed by atoms with E-state index in [9.17, 15) is 8.42 Å². The van der Waals surface area contributed by atoms with E-state index in [1.54, 1.807) is 0 Å². The average molecular weight is 300 g/mol. The zero-order chi connectivity index (χ0) is 15.2. The molecule has 0 bridgehead atoms. The van der Waals surface area contributed by atoms with Crippen LogP contribution in [0.3, 0.4) is 0 Å². The number of nitrogens with zero attached hydrogens (tertiary/aromatic N) is 2. The lowest BCUT2D eigenvalue weighted by molar-refractivity contribution is 0.378. The molecular formula is C13H24N4O2S. The molecule has 0 amide bonds. The Labute approximate surface area is 121 Å². The van der Waals surface area contributed by atoms with Gasteiger partial charge in [-0.2, -0.15) is 0 Å². The summed E-state index contributed by atoms with van der Waals surface area (Å²) in [5, 5.41) is 3.00. The van der Waals surface area contributed by atoms with E-state index in [1.165, 1.54) is 12.4 Å². The molecule has 0 aliphatic heterocycles. The Bertz CT molecular complexity index is 506. The van der Waals surface area contributed by atoms with E-state index in [4.69, 9.17) is 0 Å². The summed E-state index contributed by atoms with van der Waals surface area (Å²) < 4.78 is 26.6. The number of nitrogens with one attached hydrogen (secondary N) is 2. The molecule has 2 N–H and O–H groups in total. The van der Waals surface area contributed by atoms with Gasteiger partial charge in [0, 0.05) is 13.1 Å². The molecule has 1 aromatic heterocycles. The first kappa shape index (κ1) is 16.8. The molecule has 0 atom stereocenters. The molecular weight excluding hydrogens is 276 g/mol. The van der Waals surface area contributed by atoms with E-state index < -0.39 is 10.0 Å². The zero-order valence-electron chi connectivity index (χ0n) is 12.6. The van der Waals surface area contributed by atoms with Crippen molar-refractivity contribution in [1.29, 1.82) is 0 Å². The molecule has 0 saturated carbocycles. The summed E-state index contributed by atoms with van der Waals surface area (Å²) in [6.45, 7) is 9.40. The minimum Gasteiger partial charge on any atom is -0.354 e. The smallest absolute Gasteiger partial charge is 0.243 e. The maximum absolute atomic E-state index is 12.0. The summed E-state index contributed by atoms with van der Waals surface area (Å²) >= 11 is 0. The quantitative estimate of drug-likeness (QED) is 0.804. The van der Waals surface area contributed by atoms with E-state index >= 15 is 0 Å². The standard InChI is InChI=1S/C13H24N4O2S/c1-5-7-14-12-15-9-11(10-16-12)20(18,19)17-8-6-13(2,3)4/h9-10,17H,5-8H2,1-4H3,(H,14,15,16). The van der Waals surface area contributed by atoms with Crippen molar-refractivity contribution >= 4 is 16.0 Å². The first-order valence-corrected chi connectivity index (χ1v) is 8.28. The number of anilines is 1. The van der Waals surface area contributed by atoms with Gasteiger partial charge in [-0.1, -0.05) is 27.7 Å². The molecule has 0 spiro atoms. The summed E-state index contributed by atoms with van der Waals surface area (Å²) in [7, 11) is -3.52. The third kappa shape index (κ3) is 5.83. The van der Waals surface area contributed by atoms with Crippen LogP contribution in [0.15, 0.2) is 17.3 Å². The lowest BCUT2D eigenvalue weighted by Crippen LogP contribution is -2.27. The molecule has 0 aliphatic carbocycles. The van der Waals surface area contributed by atoms with Crippen LogP contribution in [0.25, 0.3) is 0 Å². The van der Waals surface area contributed by atoms with Gasteiger partial charge >= 0.3 is 0 Å². The van der Waals surface area contributed by atoms with E-state index in [2.05, 4.69) is 40.8 Å². The fourth-order valence-corrected chi connectivity index (χ4v) is 2.35. The van der Waals surface area contributed by atoms with Crippen LogP contribution in [0.4, 0.5) is 5.95 Å². The van der Waals surface area contributed by atoms with Crippen molar-refractivity contribution < 1.29 is 8.42 Å². The first-order valence-electron chi connectivity index (χ1n) is 6.80. The lowest BCUT2D eigenvalue weighted by atomic mass is 9.93. The fourth-order valence-electron chi connectivity index (χ4n) is 1.43. The Morgan fingerprint density at radius 1 is 1.15 bits per heavy atom. The van der Waals surface area contributed by atoms with Gasteiger partial charge < -0.3 is 5.32 Å². The minimum atomic E-state index is -3.52. The predicted molar refractivity (Wildman–Crippen MR) is 80.1 cm³/mol. The second-order valence-electron chi connectivity index (χ2n) is 5.88. The highest BCUT2D eigenvalue weighted by Crippen LogP contribution is 2.17. The summed E-state index contributed by atoms with van der Waals surface area (Å²) in [4.78, 5) is 8.09. The number of hydrogen-bond acceptors (Lipinski definition) is 5. The molecule has 1 aromatic rings. The molecule has 20 heavy (non-hydrogen) atoms. The lowest BCUT2D eigenvalue weighted by Gasteiger charge is -2.17. The van der Waals surface area contributed by atoms with Crippen LogP contribution >= 0.6 is 0 Å². The minimum absolute atomic E-state index is 0.0902. The molecule has 1 rings (SSSR count). The van der Waals surface area contributed by atoms with E-state index in [1.807, 2.05) is 6.92 Å². The normalized spacial score (nSPS) is 12.4. The molecule has 7 heteroatoms. The van der Waals surface area contributed by atoms with E-state index in [-0.39, 0.29) is 10.3 Å². The molecule has 0 saturated heterocycles. The molecule has 0 radical (unpaired) electrons. The maximum Gasteiger partial charge on any atom is 0.243 e. The third-order valence-electron chi connectivity index (χ3n) is 2.64. The van der Waals surface area contributed by atoms with Crippen LogP contribution in [0.2, 0.25) is 0 Å². The highest BCUT2D eigenvalue weighted by Gasteiger charge is 2.17. The molecule has 6 nitrogen and oxygen atoms in total. The first-order chi connectivity index (χ1) is 9.24. The van der Waals surface area contributed by atoms with Crippen LogP contribution in [-0.2, 0) is 10.0 Å². The van der Waals surface area contributed by atoms with E-state index in [0.717, 1.165) is 19.4 Å². The van der Waals surface area contributed by atoms with Gasteiger partial charge in [-0.15, -0.1) is 0 Å². The van der Waals surface area contributed by atoms with Crippen molar-refractivity contribution in [3.63, 3.8) is 0 Å². The van der Waals surface area contributed by atoms with Gasteiger partial charge in [-0.05, 0) is 18.3 Å². The predicted octanol–water partition coefficient (Wildman–Crippen LogP) is 2.01. The Kier molecular flexibility index (Phi) is 5.88. The van der Waals surface area contributed by atoms with Crippen LogP contribution in [-0.4, -0.2) is 31.5 Å². The Balaban J connectivity index is 2.63. The van der Waals surface area contributed by atoms with Gasteiger partial charge in [0.1, 0.15) is 4.90 Å². The van der Waals surface area contributed by atoms with Crippen molar-refractivity contribution in [1.82, 2.24) is 14.7 Å². The SMILES string of the molecule is CCCNc1ncc(S(=O)(=O)NCCC(C)(C)C)cn1. The average Bonchev–Trinajstić information content (AvgIpc) is 2.35. The second-order valence-corrected chi connectivity index (χ2v) is 7.64. The van der Waals surface area contributed by atoms with Crippen molar-refractivity contribution in [2.75, 3.05) is 18.4 Å². The molecule has 0 aliphatic rings. The monoisotopic (exact) mass is 300 g/mol. The second kappa shape index (κ2) is 6.99. The van der Waals surface area contributed by atoms with Gasteiger partial charge in [0.2, 0.25) is 16.0 Å². The zero-order valence-corrected chi connectivity index (χ0v) is 13.4. The van der Waals surface area contributed by atoms with Crippen LogP contribution < -0.4 is 10.0 Å². The van der Waals surface area contributed by atoms with Gasteiger partial charge in [0.25, 0.3) is 0 Å². The van der Waals surface area contributed by atoms with Gasteiger partial charge in [0.15, 0.2) is 0 Å². The van der Waals surface area contributed by atoms with Gasteiger partial charge in [-0.3, -0.25) is 0 Å². The summed E-state index contributed by atoms with van der Waals surface area (Å²) in [6, 6.07) is 0. The van der Waals surface area contributed by atoms with Gasteiger partial charge in [0.05, 0.1) is 12.4 Å². The highest BCUT2D eigenvalue weighted by atomic mass is 32.2. The van der Waals surface area contributed by atoms with Crippen molar-refractivity contribution in [3.05, 3.63) is 12.4 Å². The number of sulfonamides is 1. The van der Waals surface area contributed by atoms with Crippen molar-refractivity contribution in [3.8, 4) is 0 Å². The molecule has 1 heterocycles. The topological polar surface area (TPSA) is 84.0 Å². The Morgan fingerprint density at radius 3 is 2.25 bits per heavy atom. The van der Waals surface area contributed by atoms with Gasteiger partial charge in [-0.25, -0.2) is 23.1 Å². The molecule has 0 unspecified atom stereocenters. The fraction of sp³-hybridized carbons (Fsp3) is 0.692. The third-order valence-corrected chi connectivity index (χ3v) is 4.05. The summed E-state index contributed by atoms with van der Waals surface area (Å²) in [5.74, 6) is 0.445. The van der Waals surface area contributed by atoms with Crippen molar-refractivity contribution in [2.24, 2.45) is 5.41 Å². The largest absolute Gasteiger partial charge is 0.354 e. The molecule has 114 valence electrons. The number of hydrogen-bond donors (Lipinski definition) is 2. The maximum atomic E-state index is 12.0. The highest BCUT2D eigenvalue weighted by molar-refractivity contribution is 7.89.